The van der Waals surface area contributed by atoms with Gasteiger partial charge in [0.2, 0.25) is 10.0 Å². The fourth-order valence-electron chi connectivity index (χ4n) is 3.11. The minimum Gasteiger partial charge on any atom is -0.268 e. The average Bonchev–Trinajstić information content (AvgIpc) is 2.96. The van der Waals surface area contributed by atoms with Gasteiger partial charge in [-0.2, -0.15) is 5.10 Å². The van der Waals surface area contributed by atoms with Crippen molar-refractivity contribution in [2.45, 2.75) is 30.4 Å². The molecular weight excluding hydrogens is 262 g/mol. The standard InChI is InChI=1S/C13H17N3O2S/c1-16-12-8-11(5-4-10(12)9-15-16)13(19(14,17)18)6-2-3-7-13/h4-5,8-9H,2-3,6-7H2,1H3,(H2,14,17,18). The lowest BCUT2D eigenvalue weighted by Crippen LogP contribution is -2.38. The second kappa shape index (κ2) is 4.05. The molecule has 0 atom stereocenters. The van der Waals surface area contributed by atoms with E-state index >= 15 is 0 Å². The molecule has 2 aromatic rings. The van der Waals surface area contributed by atoms with Gasteiger partial charge < -0.3 is 0 Å². The third-order valence-electron chi connectivity index (χ3n) is 4.23. The van der Waals surface area contributed by atoms with Gasteiger partial charge in [0.25, 0.3) is 0 Å². The van der Waals surface area contributed by atoms with Crippen LogP contribution in [0.2, 0.25) is 0 Å². The minimum absolute atomic E-state index is 0.606. The molecule has 1 aromatic heterocycles. The third-order valence-corrected chi connectivity index (χ3v) is 5.96. The van der Waals surface area contributed by atoms with Crippen LogP contribution >= 0.6 is 0 Å². The number of aromatic nitrogens is 2. The zero-order valence-electron chi connectivity index (χ0n) is 10.8. The molecule has 1 aromatic carbocycles. The molecule has 0 unspecified atom stereocenters. The Bertz CT molecular complexity index is 727. The second-order valence-electron chi connectivity index (χ2n) is 5.29. The Morgan fingerprint density at radius 3 is 2.63 bits per heavy atom. The molecule has 102 valence electrons. The van der Waals surface area contributed by atoms with Crippen molar-refractivity contribution in [2.24, 2.45) is 12.2 Å². The van der Waals surface area contributed by atoms with Crippen LogP contribution in [0.3, 0.4) is 0 Å². The number of sulfonamides is 1. The smallest absolute Gasteiger partial charge is 0.219 e. The molecule has 0 amide bonds. The summed E-state index contributed by atoms with van der Waals surface area (Å²) in [6, 6.07) is 5.71. The fourth-order valence-corrected chi connectivity index (χ4v) is 4.42. The molecule has 1 fully saturated rings. The minimum atomic E-state index is -3.61. The summed E-state index contributed by atoms with van der Waals surface area (Å²) in [6.07, 6.45) is 4.79. The molecule has 1 aliphatic carbocycles. The molecule has 1 heterocycles. The maximum absolute atomic E-state index is 12.1. The second-order valence-corrected chi connectivity index (χ2v) is 7.16. The maximum Gasteiger partial charge on any atom is 0.219 e. The summed E-state index contributed by atoms with van der Waals surface area (Å²) in [5.74, 6) is 0. The van der Waals surface area contributed by atoms with Crippen LogP contribution < -0.4 is 5.14 Å². The Balaban J connectivity index is 2.24. The van der Waals surface area contributed by atoms with Crippen molar-refractivity contribution in [3.8, 4) is 0 Å². The molecule has 0 bridgehead atoms. The van der Waals surface area contributed by atoms with Crippen molar-refractivity contribution in [3.63, 3.8) is 0 Å². The van der Waals surface area contributed by atoms with Crippen molar-refractivity contribution in [2.75, 3.05) is 0 Å². The van der Waals surface area contributed by atoms with E-state index < -0.39 is 14.8 Å². The summed E-state index contributed by atoms with van der Waals surface area (Å²) in [6.45, 7) is 0. The van der Waals surface area contributed by atoms with Crippen LogP contribution in [0.15, 0.2) is 24.4 Å². The van der Waals surface area contributed by atoms with Crippen LogP contribution in [0, 0.1) is 0 Å². The average molecular weight is 279 g/mol. The number of rotatable bonds is 2. The lowest BCUT2D eigenvalue weighted by molar-refractivity contribution is 0.525. The Morgan fingerprint density at radius 1 is 1.32 bits per heavy atom. The van der Waals surface area contributed by atoms with E-state index in [-0.39, 0.29) is 0 Å². The molecule has 6 heteroatoms. The molecule has 0 saturated heterocycles. The Morgan fingerprint density at radius 2 is 2.00 bits per heavy atom. The summed E-state index contributed by atoms with van der Waals surface area (Å²) in [7, 11) is -1.76. The molecular formula is C13H17N3O2S. The van der Waals surface area contributed by atoms with E-state index in [2.05, 4.69) is 5.10 Å². The van der Waals surface area contributed by atoms with Gasteiger partial charge in [0.15, 0.2) is 0 Å². The summed E-state index contributed by atoms with van der Waals surface area (Å²) < 4.78 is 25.0. The Kier molecular flexibility index (Phi) is 2.69. The van der Waals surface area contributed by atoms with Crippen molar-refractivity contribution in [1.29, 1.82) is 0 Å². The molecule has 5 nitrogen and oxygen atoms in total. The van der Waals surface area contributed by atoms with Crippen LogP contribution in [-0.2, 0) is 21.8 Å². The lowest BCUT2D eigenvalue weighted by Gasteiger charge is -2.27. The van der Waals surface area contributed by atoms with Crippen LogP contribution in [0.4, 0.5) is 0 Å². The zero-order chi connectivity index (χ0) is 13.7. The van der Waals surface area contributed by atoms with Crippen LogP contribution in [0.5, 0.6) is 0 Å². The molecule has 1 aliphatic rings. The number of hydrogen-bond donors (Lipinski definition) is 1. The SMILES string of the molecule is Cn1ncc2ccc(C3(S(N)(=O)=O)CCCC3)cc21. The number of hydrogen-bond acceptors (Lipinski definition) is 3. The van der Waals surface area contributed by atoms with E-state index in [1.54, 1.807) is 10.9 Å². The molecule has 0 radical (unpaired) electrons. The third kappa shape index (κ3) is 1.78. The van der Waals surface area contributed by atoms with Crippen molar-refractivity contribution in [3.05, 3.63) is 30.0 Å². The first-order valence-electron chi connectivity index (χ1n) is 6.39. The van der Waals surface area contributed by atoms with Gasteiger partial charge in [-0.1, -0.05) is 25.0 Å². The van der Waals surface area contributed by atoms with Gasteiger partial charge in [-0.05, 0) is 24.5 Å². The van der Waals surface area contributed by atoms with Gasteiger partial charge in [-0.3, -0.25) is 4.68 Å². The van der Waals surface area contributed by atoms with Gasteiger partial charge in [0.1, 0.15) is 4.75 Å². The predicted molar refractivity (Wildman–Crippen MR) is 74.0 cm³/mol. The molecule has 1 saturated carbocycles. The molecule has 0 aliphatic heterocycles. The first-order chi connectivity index (χ1) is 8.94. The monoisotopic (exact) mass is 279 g/mol. The number of primary sulfonamides is 1. The Labute approximate surface area is 112 Å². The molecule has 19 heavy (non-hydrogen) atoms. The lowest BCUT2D eigenvalue weighted by atomic mass is 9.95. The molecule has 0 spiro atoms. The van der Waals surface area contributed by atoms with Gasteiger partial charge in [-0.15, -0.1) is 0 Å². The van der Waals surface area contributed by atoms with Crippen molar-refractivity contribution >= 4 is 20.9 Å². The molecule has 3 rings (SSSR count). The van der Waals surface area contributed by atoms with E-state index in [1.165, 1.54) is 0 Å². The van der Waals surface area contributed by atoms with Gasteiger partial charge in [0.05, 0.1) is 11.7 Å². The Hall–Kier alpha value is -1.40. The van der Waals surface area contributed by atoms with Gasteiger partial charge in [-0.25, -0.2) is 13.6 Å². The van der Waals surface area contributed by atoms with Crippen molar-refractivity contribution < 1.29 is 8.42 Å². The van der Waals surface area contributed by atoms with E-state index in [0.717, 1.165) is 29.3 Å². The van der Waals surface area contributed by atoms with Crippen LogP contribution in [0.25, 0.3) is 10.9 Å². The highest BCUT2D eigenvalue weighted by Gasteiger charge is 2.45. The highest BCUT2D eigenvalue weighted by molar-refractivity contribution is 7.90. The summed E-state index contributed by atoms with van der Waals surface area (Å²) in [5.41, 5.74) is 1.73. The van der Waals surface area contributed by atoms with E-state index in [4.69, 9.17) is 5.14 Å². The summed E-state index contributed by atoms with van der Waals surface area (Å²) in [5, 5.41) is 10.7. The fraction of sp³-hybridized carbons (Fsp3) is 0.462. The van der Waals surface area contributed by atoms with Crippen LogP contribution in [-0.4, -0.2) is 18.2 Å². The predicted octanol–water partition coefficient (Wildman–Crippen LogP) is 1.63. The summed E-state index contributed by atoms with van der Waals surface area (Å²) >= 11 is 0. The first-order valence-corrected chi connectivity index (χ1v) is 7.93. The topological polar surface area (TPSA) is 78.0 Å². The van der Waals surface area contributed by atoms with E-state index in [1.807, 2.05) is 25.2 Å². The number of fused-ring (bicyclic) bond motifs is 1. The number of nitrogens with zero attached hydrogens (tertiary/aromatic N) is 2. The number of benzene rings is 1. The quantitative estimate of drug-likeness (QED) is 0.907. The summed E-state index contributed by atoms with van der Waals surface area (Å²) in [4.78, 5) is 0. The van der Waals surface area contributed by atoms with Crippen molar-refractivity contribution in [1.82, 2.24) is 9.78 Å². The maximum atomic E-state index is 12.1. The highest BCUT2D eigenvalue weighted by atomic mass is 32.2. The normalized spacial score (nSPS) is 19.1. The largest absolute Gasteiger partial charge is 0.268 e. The number of nitrogens with two attached hydrogens (primary N) is 1. The zero-order valence-corrected chi connectivity index (χ0v) is 11.7. The molecule has 2 N–H and O–H groups in total. The van der Waals surface area contributed by atoms with Gasteiger partial charge in [0, 0.05) is 12.4 Å². The van der Waals surface area contributed by atoms with Crippen LogP contribution in [0.1, 0.15) is 31.2 Å². The first kappa shape index (κ1) is 12.6. The van der Waals surface area contributed by atoms with Gasteiger partial charge >= 0.3 is 0 Å². The van der Waals surface area contributed by atoms with E-state index in [9.17, 15) is 8.42 Å². The number of aryl methyl sites for hydroxylation is 1. The highest BCUT2D eigenvalue weighted by Crippen LogP contribution is 2.44. The van der Waals surface area contributed by atoms with E-state index in [0.29, 0.717) is 12.8 Å².